The molecule has 0 radical (unpaired) electrons. The molecular weight excluding hydrogens is 259 g/mol. The summed E-state index contributed by atoms with van der Waals surface area (Å²) >= 11 is 0. The van der Waals surface area contributed by atoms with Crippen LogP contribution in [0.15, 0.2) is 22.6 Å². The van der Waals surface area contributed by atoms with E-state index in [-0.39, 0.29) is 12.4 Å². The molecule has 0 spiro atoms. The summed E-state index contributed by atoms with van der Waals surface area (Å²) in [7, 11) is 0. The Morgan fingerprint density at radius 2 is 2.30 bits per heavy atom. The van der Waals surface area contributed by atoms with E-state index >= 15 is 0 Å². The van der Waals surface area contributed by atoms with Crippen LogP contribution < -0.4 is 0 Å². The van der Waals surface area contributed by atoms with Gasteiger partial charge in [-0.3, -0.25) is 4.90 Å². The number of fused-ring (bicyclic) bond motifs is 1. The zero-order valence-corrected chi connectivity index (χ0v) is 11.4. The fourth-order valence-corrected chi connectivity index (χ4v) is 2.93. The van der Waals surface area contributed by atoms with Crippen molar-refractivity contribution in [1.82, 2.24) is 9.88 Å². The van der Waals surface area contributed by atoms with E-state index in [1.54, 1.807) is 6.07 Å². The Hall–Kier alpha value is -1.46. The van der Waals surface area contributed by atoms with Crippen LogP contribution in [0.5, 0.6) is 0 Å². The molecule has 1 aliphatic rings. The Balaban J connectivity index is 1.77. The molecule has 1 aromatic carbocycles. The molecule has 0 aliphatic carbocycles. The lowest BCUT2D eigenvalue weighted by Gasteiger charge is -2.34. The number of halogens is 1. The molecule has 1 saturated heterocycles. The molecule has 1 aliphatic heterocycles. The number of aliphatic hydroxyl groups is 1. The third-order valence-electron chi connectivity index (χ3n) is 3.94. The van der Waals surface area contributed by atoms with Gasteiger partial charge in [0.2, 0.25) is 5.89 Å². The lowest BCUT2D eigenvalue weighted by atomic mass is 10.00. The summed E-state index contributed by atoms with van der Waals surface area (Å²) in [5.41, 5.74) is 1.19. The lowest BCUT2D eigenvalue weighted by molar-refractivity contribution is 0.104. The molecule has 1 atom stereocenters. The predicted molar refractivity (Wildman–Crippen MR) is 73.7 cm³/mol. The van der Waals surface area contributed by atoms with E-state index in [9.17, 15) is 4.39 Å². The summed E-state index contributed by atoms with van der Waals surface area (Å²) in [6, 6.07) is 4.78. The first-order valence-corrected chi connectivity index (χ1v) is 7.16. The molecule has 1 N–H and O–H groups in total. The van der Waals surface area contributed by atoms with Crippen LogP contribution in [0, 0.1) is 5.82 Å². The van der Waals surface area contributed by atoms with Gasteiger partial charge in [0.05, 0.1) is 6.54 Å². The Morgan fingerprint density at radius 3 is 3.15 bits per heavy atom. The van der Waals surface area contributed by atoms with Crippen LogP contribution in [0.3, 0.4) is 0 Å². The molecule has 1 unspecified atom stereocenters. The van der Waals surface area contributed by atoms with E-state index in [4.69, 9.17) is 9.52 Å². The number of likely N-dealkylation sites (tertiary alicyclic amines) is 1. The Bertz CT molecular complexity index is 582. The van der Waals surface area contributed by atoms with Gasteiger partial charge in [-0.2, -0.15) is 0 Å². The molecule has 1 fully saturated rings. The second kappa shape index (κ2) is 5.89. The number of aliphatic hydroxyl groups excluding tert-OH is 1. The zero-order chi connectivity index (χ0) is 13.9. The molecule has 1 aromatic heterocycles. The van der Waals surface area contributed by atoms with Crippen LogP contribution in [0.4, 0.5) is 4.39 Å². The highest BCUT2D eigenvalue weighted by molar-refractivity contribution is 5.72. The number of piperidine rings is 1. The van der Waals surface area contributed by atoms with Gasteiger partial charge in [-0.15, -0.1) is 0 Å². The third-order valence-corrected chi connectivity index (χ3v) is 3.94. The van der Waals surface area contributed by atoms with Gasteiger partial charge in [0.1, 0.15) is 11.3 Å². The van der Waals surface area contributed by atoms with Crippen molar-refractivity contribution in [2.75, 3.05) is 13.2 Å². The van der Waals surface area contributed by atoms with Gasteiger partial charge in [0.15, 0.2) is 5.58 Å². The molecule has 5 heteroatoms. The highest BCUT2D eigenvalue weighted by Crippen LogP contribution is 2.23. The predicted octanol–water partition coefficient (Wildman–Crippen LogP) is 2.70. The van der Waals surface area contributed by atoms with Gasteiger partial charge in [-0.25, -0.2) is 9.37 Å². The van der Waals surface area contributed by atoms with Gasteiger partial charge in [-0.1, -0.05) is 6.42 Å². The number of aromatic nitrogens is 1. The first-order chi connectivity index (χ1) is 9.76. The summed E-state index contributed by atoms with van der Waals surface area (Å²) in [6.45, 7) is 1.83. The van der Waals surface area contributed by atoms with E-state index in [2.05, 4.69) is 9.88 Å². The Kier molecular flexibility index (Phi) is 3.98. The summed E-state index contributed by atoms with van der Waals surface area (Å²) in [6.07, 6.45) is 4.26. The van der Waals surface area contributed by atoms with Gasteiger partial charge < -0.3 is 9.52 Å². The van der Waals surface area contributed by atoms with Crippen molar-refractivity contribution in [1.29, 1.82) is 0 Å². The van der Waals surface area contributed by atoms with Crippen LogP contribution in [0.25, 0.3) is 11.1 Å². The average Bonchev–Trinajstić information content (AvgIpc) is 2.82. The SMILES string of the molecule is OCCC1CCCCN1Cc1nc2cc(F)ccc2o1. The average molecular weight is 278 g/mol. The zero-order valence-electron chi connectivity index (χ0n) is 11.4. The van der Waals surface area contributed by atoms with Gasteiger partial charge in [0.25, 0.3) is 0 Å². The van der Waals surface area contributed by atoms with Gasteiger partial charge in [-0.05, 0) is 37.9 Å². The number of benzene rings is 1. The molecule has 108 valence electrons. The molecule has 0 saturated carbocycles. The van der Waals surface area contributed by atoms with Crippen molar-refractivity contribution in [2.24, 2.45) is 0 Å². The smallest absolute Gasteiger partial charge is 0.209 e. The van der Waals surface area contributed by atoms with Crippen molar-refractivity contribution in [2.45, 2.75) is 38.3 Å². The first kappa shape index (κ1) is 13.5. The minimum absolute atomic E-state index is 0.208. The van der Waals surface area contributed by atoms with E-state index in [1.165, 1.54) is 18.6 Å². The van der Waals surface area contributed by atoms with E-state index in [0.717, 1.165) is 25.8 Å². The summed E-state index contributed by atoms with van der Waals surface area (Å²) in [4.78, 5) is 6.66. The van der Waals surface area contributed by atoms with Crippen molar-refractivity contribution in [3.8, 4) is 0 Å². The van der Waals surface area contributed by atoms with E-state index in [0.29, 0.717) is 29.6 Å². The normalized spacial score (nSPS) is 20.6. The van der Waals surface area contributed by atoms with Crippen molar-refractivity contribution in [3.63, 3.8) is 0 Å². The van der Waals surface area contributed by atoms with Gasteiger partial charge in [0, 0.05) is 18.7 Å². The molecule has 0 bridgehead atoms. The van der Waals surface area contributed by atoms with Crippen LogP contribution in [-0.2, 0) is 6.54 Å². The molecule has 3 rings (SSSR count). The quantitative estimate of drug-likeness (QED) is 0.934. The number of rotatable bonds is 4. The maximum Gasteiger partial charge on any atom is 0.209 e. The van der Waals surface area contributed by atoms with E-state index in [1.807, 2.05) is 0 Å². The molecule has 2 aromatic rings. The molecule has 20 heavy (non-hydrogen) atoms. The molecular formula is C15H19FN2O2. The molecule has 0 amide bonds. The Labute approximate surface area is 117 Å². The molecule has 4 nitrogen and oxygen atoms in total. The minimum atomic E-state index is -0.298. The maximum absolute atomic E-state index is 13.1. The summed E-state index contributed by atoms with van der Waals surface area (Å²) < 4.78 is 18.8. The highest BCUT2D eigenvalue weighted by atomic mass is 19.1. The number of nitrogens with zero attached hydrogens (tertiary/aromatic N) is 2. The first-order valence-electron chi connectivity index (χ1n) is 7.16. The maximum atomic E-state index is 13.1. The summed E-state index contributed by atoms with van der Waals surface area (Å²) in [5, 5.41) is 9.14. The second-order valence-electron chi connectivity index (χ2n) is 5.35. The van der Waals surface area contributed by atoms with Gasteiger partial charge >= 0.3 is 0 Å². The summed E-state index contributed by atoms with van der Waals surface area (Å²) in [5.74, 6) is 0.323. The fraction of sp³-hybridized carbons (Fsp3) is 0.533. The van der Waals surface area contributed by atoms with Crippen LogP contribution >= 0.6 is 0 Å². The largest absolute Gasteiger partial charge is 0.439 e. The van der Waals surface area contributed by atoms with Crippen LogP contribution in [-0.4, -0.2) is 34.2 Å². The van der Waals surface area contributed by atoms with Crippen LogP contribution in [0.2, 0.25) is 0 Å². The standard InChI is InChI=1S/C15H19FN2O2/c16-11-4-5-14-13(9-11)17-15(20-14)10-18-7-2-1-3-12(18)6-8-19/h4-5,9,12,19H,1-3,6-8,10H2. The van der Waals surface area contributed by atoms with Crippen molar-refractivity contribution >= 4 is 11.1 Å². The monoisotopic (exact) mass is 278 g/mol. The number of hydrogen-bond donors (Lipinski definition) is 1. The highest BCUT2D eigenvalue weighted by Gasteiger charge is 2.23. The fourth-order valence-electron chi connectivity index (χ4n) is 2.93. The van der Waals surface area contributed by atoms with Crippen LogP contribution in [0.1, 0.15) is 31.6 Å². The van der Waals surface area contributed by atoms with Crippen molar-refractivity contribution < 1.29 is 13.9 Å². The number of hydrogen-bond acceptors (Lipinski definition) is 4. The van der Waals surface area contributed by atoms with E-state index < -0.39 is 0 Å². The Morgan fingerprint density at radius 1 is 1.40 bits per heavy atom. The third kappa shape index (κ3) is 2.83. The minimum Gasteiger partial charge on any atom is -0.439 e. The second-order valence-corrected chi connectivity index (χ2v) is 5.35. The number of oxazole rings is 1. The molecule has 2 heterocycles. The van der Waals surface area contributed by atoms with Crippen molar-refractivity contribution in [3.05, 3.63) is 29.9 Å². The topological polar surface area (TPSA) is 49.5 Å². The lowest BCUT2D eigenvalue weighted by Crippen LogP contribution is -2.39.